The average molecular weight is 219 g/mol. The van der Waals surface area contributed by atoms with Crippen molar-refractivity contribution < 1.29 is 14.6 Å². The summed E-state index contributed by atoms with van der Waals surface area (Å²) in [6.45, 7) is 8.66. The van der Waals surface area contributed by atoms with Gasteiger partial charge in [-0.1, -0.05) is 0 Å². The minimum absolute atomic E-state index is 0.147. The van der Waals surface area contributed by atoms with Crippen LogP contribution < -0.4 is 5.32 Å². The standard InChI is InChI=1S/C11H25NO3/c1-4-14-11(15-5-2)9-12-8-6-7-10(3)13/h10-13H,4-9H2,1-3H3. The fourth-order valence-electron chi connectivity index (χ4n) is 1.28. The molecule has 0 aliphatic heterocycles. The Kier molecular flexibility index (Phi) is 10.3. The predicted octanol–water partition coefficient (Wildman–Crippen LogP) is 1.14. The Balaban J connectivity index is 3.36. The fraction of sp³-hybridized carbons (Fsp3) is 1.00. The van der Waals surface area contributed by atoms with Crippen LogP contribution in [0.3, 0.4) is 0 Å². The van der Waals surface area contributed by atoms with Crippen LogP contribution >= 0.6 is 0 Å². The molecule has 0 amide bonds. The first-order valence-corrected chi connectivity index (χ1v) is 5.82. The third-order valence-corrected chi connectivity index (χ3v) is 1.99. The fourth-order valence-corrected chi connectivity index (χ4v) is 1.28. The summed E-state index contributed by atoms with van der Waals surface area (Å²) in [5, 5.41) is 12.3. The van der Waals surface area contributed by atoms with Crippen LogP contribution in [0.25, 0.3) is 0 Å². The molecule has 1 unspecified atom stereocenters. The van der Waals surface area contributed by atoms with Crippen LogP contribution in [-0.2, 0) is 9.47 Å². The van der Waals surface area contributed by atoms with Crippen LogP contribution in [0.1, 0.15) is 33.6 Å². The van der Waals surface area contributed by atoms with E-state index in [2.05, 4.69) is 5.32 Å². The third-order valence-electron chi connectivity index (χ3n) is 1.99. The molecule has 0 radical (unpaired) electrons. The highest BCUT2D eigenvalue weighted by atomic mass is 16.7. The van der Waals surface area contributed by atoms with E-state index in [0.29, 0.717) is 19.8 Å². The molecule has 0 saturated heterocycles. The maximum atomic E-state index is 9.05. The minimum Gasteiger partial charge on any atom is -0.393 e. The van der Waals surface area contributed by atoms with E-state index < -0.39 is 0 Å². The summed E-state index contributed by atoms with van der Waals surface area (Å²) in [5.41, 5.74) is 0. The van der Waals surface area contributed by atoms with Crippen molar-refractivity contribution in [1.82, 2.24) is 5.32 Å². The molecule has 0 heterocycles. The molecule has 0 aliphatic carbocycles. The van der Waals surface area contributed by atoms with Crippen molar-refractivity contribution in [2.45, 2.75) is 46.0 Å². The highest BCUT2D eigenvalue weighted by molar-refractivity contribution is 4.54. The molecule has 0 spiro atoms. The molecule has 0 bridgehead atoms. The zero-order valence-corrected chi connectivity index (χ0v) is 10.2. The Bertz CT molecular complexity index is 125. The monoisotopic (exact) mass is 219 g/mol. The molecule has 0 aromatic carbocycles. The van der Waals surface area contributed by atoms with Gasteiger partial charge in [-0.15, -0.1) is 0 Å². The van der Waals surface area contributed by atoms with Crippen LogP contribution in [0, 0.1) is 0 Å². The van der Waals surface area contributed by atoms with E-state index in [4.69, 9.17) is 14.6 Å². The lowest BCUT2D eigenvalue weighted by molar-refractivity contribution is -0.132. The van der Waals surface area contributed by atoms with Gasteiger partial charge in [0, 0.05) is 19.8 Å². The summed E-state index contributed by atoms with van der Waals surface area (Å²) < 4.78 is 10.8. The first kappa shape index (κ1) is 14.8. The highest BCUT2D eigenvalue weighted by Crippen LogP contribution is 1.96. The van der Waals surface area contributed by atoms with Gasteiger partial charge in [0.25, 0.3) is 0 Å². The van der Waals surface area contributed by atoms with E-state index in [0.717, 1.165) is 19.4 Å². The van der Waals surface area contributed by atoms with Gasteiger partial charge in [0.05, 0.1) is 6.10 Å². The Morgan fingerprint density at radius 3 is 2.27 bits per heavy atom. The van der Waals surface area contributed by atoms with E-state index in [-0.39, 0.29) is 12.4 Å². The maximum Gasteiger partial charge on any atom is 0.169 e. The minimum atomic E-state index is -0.207. The first-order chi connectivity index (χ1) is 7.20. The molecule has 1 atom stereocenters. The number of hydrogen-bond donors (Lipinski definition) is 2. The van der Waals surface area contributed by atoms with E-state index in [9.17, 15) is 0 Å². The van der Waals surface area contributed by atoms with Gasteiger partial charge < -0.3 is 19.9 Å². The van der Waals surface area contributed by atoms with Crippen molar-refractivity contribution in [3.8, 4) is 0 Å². The van der Waals surface area contributed by atoms with Crippen LogP contribution in [0.2, 0.25) is 0 Å². The summed E-state index contributed by atoms with van der Waals surface area (Å²) in [7, 11) is 0. The van der Waals surface area contributed by atoms with E-state index in [1.807, 2.05) is 20.8 Å². The highest BCUT2D eigenvalue weighted by Gasteiger charge is 2.06. The topological polar surface area (TPSA) is 50.7 Å². The molecule has 0 aromatic heterocycles. The normalized spacial score (nSPS) is 13.4. The van der Waals surface area contributed by atoms with E-state index >= 15 is 0 Å². The first-order valence-electron chi connectivity index (χ1n) is 5.82. The van der Waals surface area contributed by atoms with Gasteiger partial charge in [0.1, 0.15) is 0 Å². The van der Waals surface area contributed by atoms with Gasteiger partial charge in [0.2, 0.25) is 0 Å². The number of ether oxygens (including phenoxy) is 2. The summed E-state index contributed by atoms with van der Waals surface area (Å²) in [5.74, 6) is 0. The summed E-state index contributed by atoms with van der Waals surface area (Å²) in [4.78, 5) is 0. The molecule has 0 rings (SSSR count). The average Bonchev–Trinajstić information content (AvgIpc) is 2.17. The number of aliphatic hydroxyl groups excluding tert-OH is 1. The second-order valence-electron chi connectivity index (χ2n) is 3.54. The van der Waals surface area contributed by atoms with Crippen LogP contribution in [-0.4, -0.2) is 43.8 Å². The van der Waals surface area contributed by atoms with Crippen molar-refractivity contribution in [1.29, 1.82) is 0 Å². The predicted molar refractivity (Wildman–Crippen MR) is 60.8 cm³/mol. The molecule has 0 fully saturated rings. The Morgan fingerprint density at radius 2 is 1.80 bits per heavy atom. The zero-order chi connectivity index (χ0) is 11.5. The van der Waals surface area contributed by atoms with Gasteiger partial charge in [-0.05, 0) is 40.2 Å². The summed E-state index contributed by atoms with van der Waals surface area (Å²) in [6.07, 6.45) is 1.46. The van der Waals surface area contributed by atoms with Gasteiger partial charge in [-0.2, -0.15) is 0 Å². The quantitative estimate of drug-likeness (QED) is 0.427. The van der Waals surface area contributed by atoms with Crippen molar-refractivity contribution in [3.05, 3.63) is 0 Å². The van der Waals surface area contributed by atoms with E-state index in [1.165, 1.54) is 0 Å². The molecule has 15 heavy (non-hydrogen) atoms. The van der Waals surface area contributed by atoms with Crippen LogP contribution in [0.5, 0.6) is 0 Å². The lowest BCUT2D eigenvalue weighted by atomic mass is 10.2. The SMILES string of the molecule is CCOC(CNCCCC(C)O)OCC. The van der Waals surface area contributed by atoms with Crippen molar-refractivity contribution in [2.75, 3.05) is 26.3 Å². The number of rotatable bonds is 10. The Hall–Kier alpha value is -0.160. The van der Waals surface area contributed by atoms with Gasteiger partial charge >= 0.3 is 0 Å². The second kappa shape index (κ2) is 10.4. The van der Waals surface area contributed by atoms with Gasteiger partial charge in [0.15, 0.2) is 6.29 Å². The molecular formula is C11H25NO3. The lowest BCUT2D eigenvalue weighted by Gasteiger charge is -2.17. The largest absolute Gasteiger partial charge is 0.393 e. The molecule has 0 aliphatic rings. The summed E-state index contributed by atoms with van der Waals surface area (Å²) in [6, 6.07) is 0. The molecule has 4 heteroatoms. The number of nitrogens with one attached hydrogen (secondary N) is 1. The number of hydrogen-bond acceptors (Lipinski definition) is 4. The molecule has 4 nitrogen and oxygen atoms in total. The smallest absolute Gasteiger partial charge is 0.169 e. The molecule has 2 N–H and O–H groups in total. The van der Waals surface area contributed by atoms with Crippen LogP contribution in [0.4, 0.5) is 0 Å². The zero-order valence-electron chi connectivity index (χ0n) is 10.2. The molecule has 0 saturated carbocycles. The number of aliphatic hydroxyl groups is 1. The van der Waals surface area contributed by atoms with Crippen molar-refractivity contribution in [3.63, 3.8) is 0 Å². The van der Waals surface area contributed by atoms with Crippen molar-refractivity contribution in [2.24, 2.45) is 0 Å². The summed E-state index contributed by atoms with van der Waals surface area (Å²) >= 11 is 0. The lowest BCUT2D eigenvalue weighted by Crippen LogP contribution is -2.32. The Labute approximate surface area is 93.0 Å². The second-order valence-corrected chi connectivity index (χ2v) is 3.54. The Morgan fingerprint density at radius 1 is 1.20 bits per heavy atom. The molecular weight excluding hydrogens is 194 g/mol. The van der Waals surface area contributed by atoms with Gasteiger partial charge in [-0.25, -0.2) is 0 Å². The van der Waals surface area contributed by atoms with E-state index in [1.54, 1.807) is 0 Å². The van der Waals surface area contributed by atoms with Gasteiger partial charge in [-0.3, -0.25) is 0 Å². The third kappa shape index (κ3) is 10.1. The van der Waals surface area contributed by atoms with Crippen molar-refractivity contribution >= 4 is 0 Å². The van der Waals surface area contributed by atoms with Crippen LogP contribution in [0.15, 0.2) is 0 Å². The maximum absolute atomic E-state index is 9.05. The molecule has 92 valence electrons. The molecule has 0 aromatic rings.